The number of ether oxygens (including phenoxy) is 1. The summed E-state index contributed by atoms with van der Waals surface area (Å²) in [4.78, 5) is 11.2. The van der Waals surface area contributed by atoms with Crippen molar-refractivity contribution in [2.45, 2.75) is 6.92 Å². The summed E-state index contributed by atoms with van der Waals surface area (Å²) in [5.41, 5.74) is 0.531. The molecule has 1 aromatic carbocycles. The molecule has 0 aliphatic rings. The van der Waals surface area contributed by atoms with Gasteiger partial charge in [0.2, 0.25) is 0 Å². The Bertz CT molecular complexity index is 363. The van der Waals surface area contributed by atoms with Crippen LogP contribution in [0, 0.1) is 8.98 Å². The number of rotatable bonds is 3. The number of benzene rings is 1. The molecule has 4 heteroatoms. The normalized spacial score (nSPS) is 9.57. The molecular formula is C10H10INO2. The first-order chi connectivity index (χ1) is 6.66. The lowest BCUT2D eigenvalue weighted by Gasteiger charge is -2.05. The quantitative estimate of drug-likeness (QED) is 0.529. The van der Waals surface area contributed by atoms with Crippen molar-refractivity contribution < 1.29 is 9.53 Å². The molecule has 0 atom stereocenters. The molecule has 1 aromatic rings. The Kier molecular flexibility index (Phi) is 4.06. The lowest BCUT2D eigenvalue weighted by molar-refractivity contribution is -0.135. The van der Waals surface area contributed by atoms with Crippen LogP contribution in [-0.4, -0.2) is 18.3 Å². The first kappa shape index (κ1) is 11.2. The van der Waals surface area contributed by atoms with E-state index in [1.165, 1.54) is 0 Å². The molecule has 0 fully saturated rings. The van der Waals surface area contributed by atoms with Gasteiger partial charge in [0.05, 0.1) is 6.61 Å². The molecular weight excluding hydrogens is 293 g/mol. The molecule has 0 saturated heterocycles. The fraction of sp³-hybridized carbons (Fsp3) is 0.200. The molecule has 14 heavy (non-hydrogen) atoms. The molecule has 0 saturated carbocycles. The summed E-state index contributed by atoms with van der Waals surface area (Å²) in [5, 5.41) is 7.60. The molecule has 1 rings (SSSR count). The van der Waals surface area contributed by atoms with E-state index in [0.717, 1.165) is 3.57 Å². The van der Waals surface area contributed by atoms with Gasteiger partial charge < -0.3 is 4.74 Å². The minimum Gasteiger partial charge on any atom is -0.461 e. The van der Waals surface area contributed by atoms with Gasteiger partial charge in [0.25, 0.3) is 0 Å². The Labute approximate surface area is 96.1 Å². The minimum absolute atomic E-state index is 0.0862. The minimum atomic E-state index is -0.573. The summed E-state index contributed by atoms with van der Waals surface area (Å²) in [6.07, 6.45) is 0. The highest BCUT2D eigenvalue weighted by molar-refractivity contribution is 14.1. The van der Waals surface area contributed by atoms with E-state index in [9.17, 15) is 4.79 Å². The predicted octanol–water partition coefficient (Wildman–Crippen LogP) is 2.22. The molecule has 0 aliphatic heterocycles. The Morgan fingerprint density at radius 1 is 1.50 bits per heavy atom. The zero-order valence-electron chi connectivity index (χ0n) is 7.71. The third kappa shape index (κ3) is 2.54. The molecule has 0 spiro atoms. The van der Waals surface area contributed by atoms with E-state index in [4.69, 9.17) is 10.1 Å². The Morgan fingerprint density at radius 3 is 2.71 bits per heavy atom. The van der Waals surface area contributed by atoms with Gasteiger partial charge in [0, 0.05) is 9.13 Å². The standard InChI is InChI=1S/C10H10INO2/c1-2-14-10(13)9(12)7-5-3-4-6-8(7)11/h3-6,12H,2H2,1H3. The molecule has 74 valence electrons. The molecule has 0 bridgehead atoms. The number of nitrogens with one attached hydrogen (secondary N) is 1. The lowest BCUT2D eigenvalue weighted by Crippen LogP contribution is -2.18. The van der Waals surface area contributed by atoms with Crippen LogP contribution in [0.2, 0.25) is 0 Å². The second-order valence-corrected chi connectivity index (χ2v) is 3.74. The number of esters is 1. The van der Waals surface area contributed by atoms with E-state index in [1.807, 2.05) is 12.1 Å². The van der Waals surface area contributed by atoms with Gasteiger partial charge in [-0.2, -0.15) is 0 Å². The first-order valence-electron chi connectivity index (χ1n) is 4.17. The molecule has 0 unspecified atom stereocenters. The van der Waals surface area contributed by atoms with Gasteiger partial charge in [-0.3, -0.25) is 5.41 Å². The van der Waals surface area contributed by atoms with Crippen molar-refractivity contribution in [2.75, 3.05) is 6.61 Å². The highest BCUT2D eigenvalue weighted by Crippen LogP contribution is 2.12. The third-order valence-corrected chi connectivity index (χ3v) is 2.56. The van der Waals surface area contributed by atoms with Crippen LogP contribution < -0.4 is 0 Å². The number of carbonyl (C=O) groups is 1. The fourth-order valence-corrected chi connectivity index (χ4v) is 1.63. The van der Waals surface area contributed by atoms with Crippen molar-refractivity contribution >= 4 is 34.3 Å². The number of halogens is 1. The largest absolute Gasteiger partial charge is 0.461 e. The maximum atomic E-state index is 11.2. The predicted molar refractivity (Wildman–Crippen MR) is 62.6 cm³/mol. The van der Waals surface area contributed by atoms with Gasteiger partial charge in [-0.25, -0.2) is 4.79 Å². The van der Waals surface area contributed by atoms with E-state index < -0.39 is 5.97 Å². The van der Waals surface area contributed by atoms with Crippen molar-refractivity contribution in [1.29, 1.82) is 5.41 Å². The second-order valence-electron chi connectivity index (χ2n) is 2.58. The van der Waals surface area contributed by atoms with Gasteiger partial charge in [-0.1, -0.05) is 18.2 Å². The van der Waals surface area contributed by atoms with Crippen molar-refractivity contribution in [2.24, 2.45) is 0 Å². The summed E-state index contributed by atoms with van der Waals surface area (Å²) in [6, 6.07) is 7.25. The zero-order chi connectivity index (χ0) is 10.6. The molecule has 3 nitrogen and oxygen atoms in total. The van der Waals surface area contributed by atoms with Gasteiger partial charge in [0.15, 0.2) is 0 Å². The van der Waals surface area contributed by atoms with Gasteiger partial charge in [-0.05, 0) is 35.6 Å². The maximum absolute atomic E-state index is 11.2. The van der Waals surface area contributed by atoms with Crippen LogP contribution in [0.15, 0.2) is 24.3 Å². The van der Waals surface area contributed by atoms with Crippen LogP contribution in [0.4, 0.5) is 0 Å². The Morgan fingerprint density at radius 2 is 2.14 bits per heavy atom. The van der Waals surface area contributed by atoms with Crippen molar-refractivity contribution in [3.05, 3.63) is 33.4 Å². The summed E-state index contributed by atoms with van der Waals surface area (Å²) < 4.78 is 5.62. The van der Waals surface area contributed by atoms with E-state index in [2.05, 4.69) is 22.6 Å². The van der Waals surface area contributed by atoms with E-state index in [-0.39, 0.29) is 5.71 Å². The first-order valence-corrected chi connectivity index (χ1v) is 5.25. The Balaban J connectivity index is 2.90. The molecule has 0 radical (unpaired) electrons. The van der Waals surface area contributed by atoms with Crippen molar-refractivity contribution in [1.82, 2.24) is 0 Å². The molecule has 1 N–H and O–H groups in total. The monoisotopic (exact) mass is 303 g/mol. The van der Waals surface area contributed by atoms with Crippen LogP contribution in [0.25, 0.3) is 0 Å². The van der Waals surface area contributed by atoms with Gasteiger partial charge >= 0.3 is 5.97 Å². The van der Waals surface area contributed by atoms with Crippen LogP contribution in [0.1, 0.15) is 12.5 Å². The number of hydrogen-bond acceptors (Lipinski definition) is 3. The fourth-order valence-electron chi connectivity index (χ4n) is 0.977. The van der Waals surface area contributed by atoms with Gasteiger partial charge in [0.1, 0.15) is 5.71 Å². The van der Waals surface area contributed by atoms with Crippen molar-refractivity contribution in [3.8, 4) is 0 Å². The average molecular weight is 303 g/mol. The van der Waals surface area contributed by atoms with Crippen LogP contribution in [0.5, 0.6) is 0 Å². The van der Waals surface area contributed by atoms with E-state index in [1.54, 1.807) is 19.1 Å². The van der Waals surface area contributed by atoms with Crippen LogP contribution in [0.3, 0.4) is 0 Å². The Hall–Kier alpha value is -0.910. The smallest absolute Gasteiger partial charge is 0.356 e. The molecule has 0 amide bonds. The summed E-state index contributed by atoms with van der Waals surface area (Å²) >= 11 is 2.09. The number of hydrogen-bond donors (Lipinski definition) is 1. The van der Waals surface area contributed by atoms with Crippen LogP contribution >= 0.6 is 22.6 Å². The molecule has 0 heterocycles. The maximum Gasteiger partial charge on any atom is 0.356 e. The second kappa shape index (κ2) is 5.09. The van der Waals surface area contributed by atoms with E-state index in [0.29, 0.717) is 12.2 Å². The zero-order valence-corrected chi connectivity index (χ0v) is 9.87. The summed E-state index contributed by atoms with van der Waals surface area (Å²) in [6.45, 7) is 2.02. The highest BCUT2D eigenvalue weighted by atomic mass is 127. The van der Waals surface area contributed by atoms with E-state index >= 15 is 0 Å². The van der Waals surface area contributed by atoms with Crippen molar-refractivity contribution in [3.63, 3.8) is 0 Å². The topological polar surface area (TPSA) is 50.2 Å². The highest BCUT2D eigenvalue weighted by Gasteiger charge is 2.14. The lowest BCUT2D eigenvalue weighted by atomic mass is 10.1. The van der Waals surface area contributed by atoms with Gasteiger partial charge in [-0.15, -0.1) is 0 Å². The van der Waals surface area contributed by atoms with Crippen LogP contribution in [-0.2, 0) is 9.53 Å². The summed E-state index contributed by atoms with van der Waals surface area (Å²) in [7, 11) is 0. The summed E-state index contributed by atoms with van der Waals surface area (Å²) in [5.74, 6) is -0.573. The third-order valence-electron chi connectivity index (χ3n) is 1.62. The number of carbonyl (C=O) groups excluding carboxylic acids is 1. The average Bonchev–Trinajstić information content (AvgIpc) is 2.18. The molecule has 0 aromatic heterocycles. The molecule has 0 aliphatic carbocycles. The SMILES string of the molecule is CCOC(=O)C(=N)c1ccccc1I.